The van der Waals surface area contributed by atoms with Crippen molar-refractivity contribution in [2.24, 2.45) is 28.1 Å². The number of carboxylic acid groups (broad SMARTS) is 1. The van der Waals surface area contributed by atoms with Gasteiger partial charge in [-0.3, -0.25) is 19.4 Å². The number of nitrogens with zero attached hydrogens (tertiary/aromatic N) is 1. The number of unbranched alkanes of at least 4 members (excludes halogenated alkanes) is 1. The molecule has 206 valence electrons. The summed E-state index contributed by atoms with van der Waals surface area (Å²) in [5, 5.41) is 20.7. The molecule has 3 amide bonds. The van der Waals surface area contributed by atoms with Gasteiger partial charge in [-0.25, -0.2) is 4.79 Å². The third kappa shape index (κ3) is 11.2. The number of hydrogen-bond acceptors (Lipinski definition) is 7. The summed E-state index contributed by atoms with van der Waals surface area (Å²) in [7, 11) is 0. The molecule has 1 saturated heterocycles. The van der Waals surface area contributed by atoms with Crippen LogP contribution < -0.4 is 38.5 Å². The Kier molecular flexibility index (Phi) is 14.4. The van der Waals surface area contributed by atoms with Gasteiger partial charge in [0, 0.05) is 6.54 Å². The van der Waals surface area contributed by atoms with E-state index >= 15 is 0 Å². The van der Waals surface area contributed by atoms with Gasteiger partial charge in [0.2, 0.25) is 17.7 Å². The first-order valence-electron chi connectivity index (χ1n) is 12.7. The predicted octanol–water partition coefficient (Wildman–Crippen LogP) is -1.49. The number of guanidine groups is 1. The Labute approximate surface area is 212 Å². The fourth-order valence-electron chi connectivity index (χ4n) is 3.92. The van der Waals surface area contributed by atoms with Gasteiger partial charge < -0.3 is 43.6 Å². The van der Waals surface area contributed by atoms with Gasteiger partial charge in [-0.1, -0.05) is 20.3 Å². The number of carboxylic acids is 1. The second-order valence-corrected chi connectivity index (χ2v) is 9.21. The maximum atomic E-state index is 13.2. The summed E-state index contributed by atoms with van der Waals surface area (Å²) in [5.41, 5.74) is 16.1. The number of carbonyl (C=O) groups is 4. The molecule has 0 aliphatic carbocycles. The quantitative estimate of drug-likeness (QED) is 0.0643. The lowest BCUT2D eigenvalue weighted by molar-refractivity contribution is -0.143. The molecule has 5 atom stereocenters. The van der Waals surface area contributed by atoms with Gasteiger partial charge in [-0.15, -0.1) is 0 Å². The highest BCUT2D eigenvalue weighted by Gasteiger charge is 2.33. The molecule has 11 N–H and O–H groups in total. The fraction of sp³-hybridized carbons (Fsp3) is 0.783. The first-order valence-corrected chi connectivity index (χ1v) is 12.7. The van der Waals surface area contributed by atoms with E-state index in [4.69, 9.17) is 17.2 Å². The highest BCUT2D eigenvalue weighted by molar-refractivity contribution is 5.94. The number of amides is 3. The third-order valence-corrected chi connectivity index (χ3v) is 6.31. The van der Waals surface area contributed by atoms with E-state index in [1.54, 1.807) is 6.92 Å². The molecule has 0 saturated carbocycles. The Morgan fingerprint density at radius 3 is 2.28 bits per heavy atom. The van der Waals surface area contributed by atoms with Crippen molar-refractivity contribution < 1.29 is 24.3 Å². The molecule has 0 aromatic carbocycles. The minimum atomic E-state index is -1.20. The van der Waals surface area contributed by atoms with Crippen molar-refractivity contribution in [1.29, 1.82) is 0 Å². The van der Waals surface area contributed by atoms with Gasteiger partial charge in [-0.05, 0) is 64.0 Å². The van der Waals surface area contributed by atoms with E-state index < -0.39 is 35.9 Å². The zero-order valence-corrected chi connectivity index (χ0v) is 21.4. The van der Waals surface area contributed by atoms with Crippen LogP contribution >= 0.6 is 0 Å². The average Bonchev–Trinajstić information content (AvgIpc) is 3.38. The van der Waals surface area contributed by atoms with Crippen molar-refractivity contribution in [2.45, 2.75) is 89.4 Å². The standard InChI is InChI=1S/C23H44N8O5/c1-3-14(2)18(21(34)30-17(22(35)36)10-7-13-28-23(25)26)31-20(33)16(8-4-5-11-24)29-19(32)15-9-6-12-27-15/h14-18,27H,3-13,24H2,1-2H3,(H,29,32)(H,30,34)(H,31,33)(H,35,36)(H4,25,26,28). The number of aliphatic imine (C=N–C) groups is 1. The molecule has 1 aliphatic heterocycles. The van der Waals surface area contributed by atoms with Crippen molar-refractivity contribution >= 4 is 29.7 Å². The molecule has 1 heterocycles. The van der Waals surface area contributed by atoms with Gasteiger partial charge in [0.05, 0.1) is 6.04 Å². The lowest BCUT2D eigenvalue weighted by Gasteiger charge is -2.28. The minimum Gasteiger partial charge on any atom is -0.480 e. The Hall–Kier alpha value is -2.93. The van der Waals surface area contributed by atoms with Crippen molar-refractivity contribution in [3.63, 3.8) is 0 Å². The maximum absolute atomic E-state index is 13.2. The van der Waals surface area contributed by atoms with Crippen LogP contribution in [0.5, 0.6) is 0 Å². The second kappa shape index (κ2) is 16.7. The first kappa shape index (κ1) is 31.1. The molecule has 0 aromatic rings. The number of rotatable bonds is 17. The molecule has 0 radical (unpaired) electrons. The van der Waals surface area contributed by atoms with E-state index in [0.29, 0.717) is 45.1 Å². The molecular formula is C23H44N8O5. The smallest absolute Gasteiger partial charge is 0.326 e. The zero-order chi connectivity index (χ0) is 27.1. The SMILES string of the molecule is CCC(C)C(NC(=O)C(CCCCN)NC(=O)C1CCCN1)C(=O)NC(CCCN=C(N)N)C(=O)O. The van der Waals surface area contributed by atoms with Crippen LogP contribution in [-0.4, -0.2) is 78.6 Å². The summed E-state index contributed by atoms with van der Waals surface area (Å²) in [4.78, 5) is 54.4. The molecule has 13 heteroatoms. The average molecular weight is 513 g/mol. The summed E-state index contributed by atoms with van der Waals surface area (Å²) < 4.78 is 0. The van der Waals surface area contributed by atoms with E-state index in [1.807, 2.05) is 6.92 Å². The van der Waals surface area contributed by atoms with Crippen LogP contribution in [0.4, 0.5) is 0 Å². The van der Waals surface area contributed by atoms with Gasteiger partial charge in [0.25, 0.3) is 0 Å². The first-order chi connectivity index (χ1) is 17.1. The van der Waals surface area contributed by atoms with Crippen LogP contribution in [0.1, 0.15) is 65.2 Å². The van der Waals surface area contributed by atoms with Crippen molar-refractivity contribution in [2.75, 3.05) is 19.6 Å². The fourth-order valence-corrected chi connectivity index (χ4v) is 3.92. The largest absolute Gasteiger partial charge is 0.480 e. The molecule has 5 unspecified atom stereocenters. The Morgan fingerprint density at radius 1 is 1.03 bits per heavy atom. The minimum absolute atomic E-state index is 0.0951. The number of nitrogens with one attached hydrogen (secondary N) is 4. The molecule has 1 fully saturated rings. The summed E-state index contributed by atoms with van der Waals surface area (Å²) >= 11 is 0. The monoisotopic (exact) mass is 512 g/mol. The van der Waals surface area contributed by atoms with E-state index in [-0.39, 0.29) is 36.8 Å². The van der Waals surface area contributed by atoms with Crippen molar-refractivity contribution in [3.8, 4) is 0 Å². The summed E-state index contributed by atoms with van der Waals surface area (Å²) in [6, 6.07) is -3.32. The highest BCUT2D eigenvalue weighted by atomic mass is 16.4. The number of carbonyl (C=O) groups excluding carboxylic acids is 3. The molecule has 0 aromatic heterocycles. The lowest BCUT2D eigenvalue weighted by atomic mass is 9.96. The molecule has 36 heavy (non-hydrogen) atoms. The number of nitrogens with two attached hydrogens (primary N) is 3. The number of aliphatic carboxylic acids is 1. The van der Waals surface area contributed by atoms with Gasteiger partial charge in [0.1, 0.15) is 18.1 Å². The summed E-state index contributed by atoms with van der Waals surface area (Å²) in [5.74, 6) is -2.91. The second-order valence-electron chi connectivity index (χ2n) is 9.21. The van der Waals surface area contributed by atoms with E-state index in [2.05, 4.69) is 26.3 Å². The number of hydrogen-bond donors (Lipinski definition) is 8. The molecule has 0 spiro atoms. The zero-order valence-electron chi connectivity index (χ0n) is 21.4. The molecule has 13 nitrogen and oxygen atoms in total. The summed E-state index contributed by atoms with van der Waals surface area (Å²) in [6.45, 7) is 5.10. The van der Waals surface area contributed by atoms with Gasteiger partial charge in [0.15, 0.2) is 5.96 Å². The van der Waals surface area contributed by atoms with E-state index in [1.165, 1.54) is 0 Å². The summed E-state index contributed by atoms with van der Waals surface area (Å²) in [6.07, 6.45) is 4.30. The normalized spacial score (nSPS) is 18.4. The third-order valence-electron chi connectivity index (χ3n) is 6.31. The topological polar surface area (TPSA) is 227 Å². The van der Waals surface area contributed by atoms with E-state index in [0.717, 1.165) is 13.0 Å². The highest BCUT2D eigenvalue weighted by Crippen LogP contribution is 2.12. The molecular weight excluding hydrogens is 468 g/mol. The van der Waals surface area contributed by atoms with Gasteiger partial charge in [-0.2, -0.15) is 0 Å². The lowest BCUT2D eigenvalue weighted by Crippen LogP contribution is -2.58. The van der Waals surface area contributed by atoms with Gasteiger partial charge >= 0.3 is 5.97 Å². The van der Waals surface area contributed by atoms with Crippen molar-refractivity contribution in [1.82, 2.24) is 21.3 Å². The van der Waals surface area contributed by atoms with Crippen LogP contribution in [0.2, 0.25) is 0 Å². The van der Waals surface area contributed by atoms with E-state index in [9.17, 15) is 24.3 Å². The Morgan fingerprint density at radius 2 is 1.72 bits per heavy atom. The Balaban J connectivity index is 2.90. The van der Waals surface area contributed by atoms with Crippen LogP contribution in [0.15, 0.2) is 4.99 Å². The van der Waals surface area contributed by atoms with Crippen LogP contribution in [-0.2, 0) is 19.2 Å². The van der Waals surface area contributed by atoms with Crippen LogP contribution in [0.3, 0.4) is 0 Å². The van der Waals surface area contributed by atoms with Crippen LogP contribution in [0, 0.1) is 5.92 Å². The predicted molar refractivity (Wildman–Crippen MR) is 137 cm³/mol. The molecule has 1 aliphatic rings. The van der Waals surface area contributed by atoms with Crippen LogP contribution in [0.25, 0.3) is 0 Å². The maximum Gasteiger partial charge on any atom is 0.326 e. The molecule has 0 bridgehead atoms. The van der Waals surface area contributed by atoms with Crippen molar-refractivity contribution in [3.05, 3.63) is 0 Å². The Bertz CT molecular complexity index is 753. The molecule has 1 rings (SSSR count).